The Hall–Kier alpha value is -3.10. The predicted molar refractivity (Wildman–Crippen MR) is 129 cm³/mol. The fourth-order valence-corrected chi connectivity index (χ4v) is 3.08. The summed E-state index contributed by atoms with van der Waals surface area (Å²) in [6.07, 6.45) is -1.41. The van der Waals surface area contributed by atoms with E-state index in [1.165, 1.54) is 0 Å². The zero-order valence-electron chi connectivity index (χ0n) is 19.0. The molecule has 2 aromatic rings. The molecule has 32 heavy (non-hydrogen) atoms. The maximum Gasteiger partial charge on any atom is 0.0930 e. The summed E-state index contributed by atoms with van der Waals surface area (Å²) in [7, 11) is 0. The second-order valence-corrected chi connectivity index (χ2v) is 7.83. The molecule has 0 amide bonds. The third-order valence-corrected chi connectivity index (χ3v) is 5.14. The van der Waals surface area contributed by atoms with E-state index >= 15 is 0 Å². The largest absolute Gasteiger partial charge is 0.389 e. The topological polar surface area (TPSA) is 116 Å². The van der Waals surface area contributed by atoms with E-state index in [0.717, 1.165) is 45.6 Å². The van der Waals surface area contributed by atoms with Crippen molar-refractivity contribution in [1.29, 1.82) is 0 Å². The molecule has 0 saturated heterocycles. The molecule has 3 heterocycles. The van der Waals surface area contributed by atoms with Crippen LogP contribution in [0.1, 0.15) is 50.5 Å². The summed E-state index contributed by atoms with van der Waals surface area (Å²) in [5, 5.41) is 20.7. The van der Waals surface area contributed by atoms with Gasteiger partial charge in [-0.3, -0.25) is 20.0 Å². The summed E-state index contributed by atoms with van der Waals surface area (Å²) in [5.74, 6) is 0. The Bertz CT molecular complexity index is 914. The van der Waals surface area contributed by atoms with Gasteiger partial charge >= 0.3 is 0 Å². The van der Waals surface area contributed by atoms with E-state index in [9.17, 15) is 10.2 Å². The van der Waals surface area contributed by atoms with Crippen LogP contribution in [0.3, 0.4) is 0 Å². The number of pyridine rings is 2. The standard InChI is InChI=1S/C24H30N6O2/c1-15-21-7-5-8-22(29-21)16(2)27-13-20(32)14-28-18(4)24-10-6-9-23(30-24)17(3)26-12-19(31)11-25-15/h5-10,19-20,31-32H,11-14H2,1-4H3. The first-order chi connectivity index (χ1) is 15.3. The summed E-state index contributed by atoms with van der Waals surface area (Å²) < 4.78 is 0. The van der Waals surface area contributed by atoms with Gasteiger partial charge < -0.3 is 10.2 Å². The van der Waals surface area contributed by atoms with Crippen LogP contribution in [0.15, 0.2) is 56.4 Å². The zero-order chi connectivity index (χ0) is 23.1. The number of aliphatic hydroxyl groups is 2. The molecular weight excluding hydrogens is 404 g/mol. The molecule has 0 aliphatic carbocycles. The van der Waals surface area contributed by atoms with Crippen molar-refractivity contribution in [3.8, 4) is 0 Å². The van der Waals surface area contributed by atoms with Gasteiger partial charge in [0.05, 0.1) is 84.0 Å². The van der Waals surface area contributed by atoms with Crippen molar-refractivity contribution < 1.29 is 10.2 Å². The van der Waals surface area contributed by atoms with Gasteiger partial charge in [0.25, 0.3) is 0 Å². The van der Waals surface area contributed by atoms with Crippen LogP contribution in [0.5, 0.6) is 0 Å². The minimum Gasteiger partial charge on any atom is -0.389 e. The Labute approximate surface area is 188 Å². The van der Waals surface area contributed by atoms with E-state index in [2.05, 4.69) is 29.9 Å². The SMILES string of the molecule is CC1=NCC(O)CN=C(C)c2cccc(n2)C(C)=NCC(O)CN=C(C)c2cccc1n2. The number of hydrogen-bond acceptors (Lipinski definition) is 8. The number of hydrogen-bond donors (Lipinski definition) is 2. The minimum atomic E-state index is -0.704. The van der Waals surface area contributed by atoms with Crippen LogP contribution in [0.4, 0.5) is 0 Å². The number of aliphatic hydroxyl groups excluding tert-OH is 2. The van der Waals surface area contributed by atoms with Crippen LogP contribution >= 0.6 is 0 Å². The Morgan fingerprint density at radius 2 is 0.781 bits per heavy atom. The van der Waals surface area contributed by atoms with Crippen LogP contribution in [0.2, 0.25) is 0 Å². The summed E-state index contributed by atoms with van der Waals surface area (Å²) in [5.41, 5.74) is 5.81. The van der Waals surface area contributed by atoms with Crippen LogP contribution in [0, 0.1) is 0 Å². The molecule has 0 radical (unpaired) electrons. The van der Waals surface area contributed by atoms with E-state index in [0.29, 0.717) is 0 Å². The highest BCUT2D eigenvalue weighted by atomic mass is 16.3. The minimum absolute atomic E-state index is 0.229. The second kappa shape index (κ2) is 11.0. The number of fused-ring (bicyclic) bond motifs is 4. The van der Waals surface area contributed by atoms with E-state index in [4.69, 9.17) is 0 Å². The average Bonchev–Trinajstić information content (AvgIpc) is 2.82. The Morgan fingerprint density at radius 3 is 1.03 bits per heavy atom. The number of rotatable bonds is 0. The fraction of sp³-hybridized carbons (Fsp3) is 0.417. The van der Waals surface area contributed by atoms with Crippen molar-refractivity contribution in [1.82, 2.24) is 9.97 Å². The molecule has 1 aliphatic heterocycles. The molecule has 3 rings (SSSR count). The number of nitrogens with zero attached hydrogens (tertiary/aromatic N) is 6. The smallest absolute Gasteiger partial charge is 0.0930 e. The maximum absolute atomic E-state index is 10.3. The molecule has 0 aromatic carbocycles. The number of aromatic nitrogens is 2. The normalized spacial score (nSPS) is 21.1. The van der Waals surface area contributed by atoms with Gasteiger partial charge in [-0.2, -0.15) is 0 Å². The highest BCUT2D eigenvalue weighted by Crippen LogP contribution is 2.07. The fourth-order valence-electron chi connectivity index (χ4n) is 3.08. The van der Waals surface area contributed by atoms with Gasteiger partial charge in [0.15, 0.2) is 0 Å². The van der Waals surface area contributed by atoms with Gasteiger partial charge in [-0.1, -0.05) is 12.1 Å². The van der Waals surface area contributed by atoms with Crippen molar-refractivity contribution in [2.24, 2.45) is 20.0 Å². The molecule has 4 bridgehead atoms. The molecule has 0 atom stereocenters. The summed E-state index contributed by atoms with van der Waals surface area (Å²) >= 11 is 0. The van der Waals surface area contributed by atoms with Crippen molar-refractivity contribution in [3.63, 3.8) is 0 Å². The average molecular weight is 435 g/mol. The van der Waals surface area contributed by atoms with Crippen molar-refractivity contribution in [3.05, 3.63) is 59.2 Å². The lowest BCUT2D eigenvalue weighted by atomic mass is 10.2. The monoisotopic (exact) mass is 434 g/mol. The molecule has 1 aliphatic rings. The molecule has 0 unspecified atom stereocenters. The maximum atomic E-state index is 10.3. The van der Waals surface area contributed by atoms with Crippen LogP contribution in [0.25, 0.3) is 0 Å². The van der Waals surface area contributed by atoms with E-state index < -0.39 is 12.2 Å². The number of aliphatic imine (C=N–C) groups is 4. The molecule has 0 fully saturated rings. The molecule has 8 heteroatoms. The summed E-state index contributed by atoms with van der Waals surface area (Å²) in [6.45, 7) is 8.38. The van der Waals surface area contributed by atoms with E-state index in [1.807, 2.05) is 64.1 Å². The highest BCUT2D eigenvalue weighted by molar-refractivity contribution is 6.01. The van der Waals surface area contributed by atoms with Crippen LogP contribution in [-0.2, 0) is 0 Å². The second-order valence-electron chi connectivity index (χ2n) is 7.83. The first-order valence-corrected chi connectivity index (χ1v) is 10.7. The Balaban J connectivity index is 1.94. The summed E-state index contributed by atoms with van der Waals surface area (Å²) in [4.78, 5) is 27.2. The molecular formula is C24H30N6O2. The van der Waals surface area contributed by atoms with Gasteiger partial charge in [0.1, 0.15) is 0 Å². The first-order valence-electron chi connectivity index (χ1n) is 10.7. The molecule has 0 spiro atoms. The highest BCUT2D eigenvalue weighted by Gasteiger charge is 2.10. The first kappa shape index (κ1) is 23.6. The van der Waals surface area contributed by atoms with E-state index in [-0.39, 0.29) is 26.2 Å². The van der Waals surface area contributed by atoms with Crippen molar-refractivity contribution in [2.45, 2.75) is 39.9 Å². The van der Waals surface area contributed by atoms with Gasteiger partial charge in [-0.25, -0.2) is 9.97 Å². The molecule has 2 N–H and O–H groups in total. The van der Waals surface area contributed by atoms with Crippen molar-refractivity contribution in [2.75, 3.05) is 26.2 Å². The third-order valence-electron chi connectivity index (χ3n) is 5.14. The Morgan fingerprint density at radius 1 is 0.531 bits per heavy atom. The van der Waals surface area contributed by atoms with Crippen molar-refractivity contribution >= 4 is 22.8 Å². The zero-order valence-corrected chi connectivity index (χ0v) is 19.0. The van der Waals surface area contributed by atoms with Gasteiger partial charge in [0, 0.05) is 0 Å². The molecule has 2 aromatic heterocycles. The Kier molecular flexibility index (Phi) is 8.08. The predicted octanol–water partition coefficient (Wildman–Crippen LogP) is 2.15. The summed E-state index contributed by atoms with van der Waals surface area (Å²) in [6, 6.07) is 11.3. The van der Waals surface area contributed by atoms with Gasteiger partial charge in [-0.15, -0.1) is 0 Å². The van der Waals surface area contributed by atoms with Gasteiger partial charge in [0.2, 0.25) is 0 Å². The molecule has 8 nitrogen and oxygen atoms in total. The molecule has 0 saturated carbocycles. The van der Waals surface area contributed by atoms with E-state index in [1.54, 1.807) is 0 Å². The lowest BCUT2D eigenvalue weighted by Gasteiger charge is -2.10. The lowest BCUT2D eigenvalue weighted by molar-refractivity contribution is 0.192. The van der Waals surface area contributed by atoms with Crippen LogP contribution < -0.4 is 0 Å². The van der Waals surface area contributed by atoms with Gasteiger partial charge in [-0.05, 0) is 52.0 Å². The molecule has 168 valence electrons. The van der Waals surface area contributed by atoms with Crippen LogP contribution in [-0.4, -0.2) is 81.4 Å². The lowest BCUT2D eigenvalue weighted by Crippen LogP contribution is -2.19. The third kappa shape index (κ3) is 6.45. The quantitative estimate of drug-likeness (QED) is 0.661.